The average molecular weight is 410 g/mol. The summed E-state index contributed by atoms with van der Waals surface area (Å²) in [6, 6.07) is 26.4. The highest BCUT2D eigenvalue weighted by atomic mass is 32.1. The van der Waals surface area contributed by atoms with Gasteiger partial charge in [0.15, 0.2) is 5.78 Å². The van der Waals surface area contributed by atoms with Gasteiger partial charge in [-0.25, -0.2) is 0 Å². The lowest BCUT2D eigenvalue weighted by Gasteiger charge is -2.23. The van der Waals surface area contributed by atoms with Crippen molar-refractivity contribution in [2.24, 2.45) is 0 Å². The summed E-state index contributed by atoms with van der Waals surface area (Å²) in [5.74, 6) is -0.0992. The zero-order valence-corrected chi connectivity index (χ0v) is 17.1. The molecular formula is C26H19NO2S. The molecule has 1 amide bonds. The number of ketones is 1. The Hall–Kier alpha value is -3.50. The van der Waals surface area contributed by atoms with E-state index >= 15 is 0 Å². The predicted octanol–water partition coefficient (Wildman–Crippen LogP) is 5.73. The molecule has 1 aromatic heterocycles. The Morgan fingerprint density at radius 3 is 2.17 bits per heavy atom. The van der Waals surface area contributed by atoms with Crippen LogP contribution in [0.2, 0.25) is 0 Å². The molecule has 0 aliphatic carbocycles. The second kappa shape index (κ2) is 7.73. The van der Waals surface area contributed by atoms with Crippen LogP contribution in [0.5, 0.6) is 0 Å². The minimum absolute atomic E-state index is 0.0439. The second-order valence-corrected chi connectivity index (χ2v) is 8.34. The summed E-state index contributed by atoms with van der Waals surface area (Å²) in [6.07, 6.45) is 0.845. The molecule has 1 aliphatic rings. The number of carbonyl (C=O) groups excluding carboxylic acids is 2. The third-order valence-corrected chi connectivity index (χ3v) is 6.44. The van der Waals surface area contributed by atoms with Gasteiger partial charge in [-0.05, 0) is 40.8 Å². The Morgan fingerprint density at radius 1 is 0.700 bits per heavy atom. The molecule has 4 aromatic rings. The van der Waals surface area contributed by atoms with Crippen molar-refractivity contribution in [1.82, 2.24) is 0 Å². The monoisotopic (exact) mass is 409 g/mol. The number of anilines is 1. The Balaban J connectivity index is 1.46. The average Bonchev–Trinajstić information content (AvgIpc) is 3.18. The smallest absolute Gasteiger partial charge is 0.258 e. The minimum Gasteiger partial charge on any atom is -0.304 e. The summed E-state index contributed by atoms with van der Waals surface area (Å²) in [5.41, 5.74) is 5.10. The minimum atomic E-state index is -0.0554. The van der Waals surface area contributed by atoms with E-state index in [2.05, 4.69) is 17.5 Å². The van der Waals surface area contributed by atoms with Crippen molar-refractivity contribution in [2.45, 2.75) is 13.0 Å². The predicted molar refractivity (Wildman–Crippen MR) is 120 cm³/mol. The van der Waals surface area contributed by atoms with Gasteiger partial charge in [-0.15, -0.1) is 11.3 Å². The van der Waals surface area contributed by atoms with Crippen LogP contribution >= 0.6 is 11.3 Å². The zero-order chi connectivity index (χ0) is 20.5. The standard InChI is InChI=1S/C26H19NO2S/c28-25(18-6-2-1-3-7-18)19-10-12-20(13-11-19)26(29)27-17-22-14-15-30-24(22)16-21-8-4-5-9-23(21)27/h1-15H,16-17H2. The number of benzene rings is 3. The van der Waals surface area contributed by atoms with Crippen LogP contribution in [-0.2, 0) is 13.0 Å². The van der Waals surface area contributed by atoms with Crippen molar-refractivity contribution in [1.29, 1.82) is 0 Å². The summed E-state index contributed by atoms with van der Waals surface area (Å²) >= 11 is 1.74. The molecule has 146 valence electrons. The summed E-state index contributed by atoms with van der Waals surface area (Å²) in [4.78, 5) is 29.3. The molecule has 30 heavy (non-hydrogen) atoms. The Kier molecular flexibility index (Phi) is 4.77. The van der Waals surface area contributed by atoms with Crippen LogP contribution in [0.3, 0.4) is 0 Å². The van der Waals surface area contributed by atoms with Crippen LogP contribution < -0.4 is 4.90 Å². The number of nitrogens with zero attached hydrogens (tertiary/aromatic N) is 1. The molecule has 0 unspecified atom stereocenters. The third-order valence-electron chi connectivity index (χ3n) is 5.47. The molecule has 0 spiro atoms. The van der Waals surface area contributed by atoms with Gasteiger partial charge >= 0.3 is 0 Å². The topological polar surface area (TPSA) is 37.4 Å². The van der Waals surface area contributed by atoms with E-state index in [1.807, 2.05) is 41.3 Å². The van der Waals surface area contributed by atoms with Crippen LogP contribution in [-0.4, -0.2) is 11.7 Å². The lowest BCUT2D eigenvalue weighted by atomic mass is 10.0. The second-order valence-electron chi connectivity index (χ2n) is 7.34. The van der Waals surface area contributed by atoms with E-state index in [0.29, 0.717) is 23.2 Å². The maximum atomic E-state index is 13.4. The van der Waals surface area contributed by atoms with Crippen molar-refractivity contribution in [3.8, 4) is 0 Å². The summed E-state index contributed by atoms with van der Waals surface area (Å²) in [7, 11) is 0. The van der Waals surface area contributed by atoms with Gasteiger partial charge in [0.1, 0.15) is 0 Å². The molecule has 4 heteroatoms. The molecule has 0 saturated carbocycles. The molecule has 0 saturated heterocycles. The van der Waals surface area contributed by atoms with Gasteiger partial charge in [0.05, 0.1) is 6.54 Å². The lowest BCUT2D eigenvalue weighted by molar-refractivity contribution is 0.0983. The number of rotatable bonds is 3. The molecule has 0 radical (unpaired) electrons. The maximum absolute atomic E-state index is 13.4. The van der Waals surface area contributed by atoms with Gasteiger partial charge in [-0.2, -0.15) is 0 Å². The van der Waals surface area contributed by atoms with Gasteiger partial charge in [0, 0.05) is 33.7 Å². The maximum Gasteiger partial charge on any atom is 0.258 e. The van der Waals surface area contributed by atoms with Gasteiger partial charge in [-0.3, -0.25) is 9.59 Å². The first-order valence-electron chi connectivity index (χ1n) is 9.85. The molecule has 2 heterocycles. The number of para-hydroxylation sites is 1. The van der Waals surface area contributed by atoms with Crippen molar-refractivity contribution < 1.29 is 9.59 Å². The highest BCUT2D eigenvalue weighted by molar-refractivity contribution is 7.10. The van der Waals surface area contributed by atoms with Crippen molar-refractivity contribution in [3.05, 3.63) is 123 Å². The fourth-order valence-corrected chi connectivity index (χ4v) is 4.79. The van der Waals surface area contributed by atoms with Gasteiger partial charge in [0.25, 0.3) is 5.91 Å². The van der Waals surface area contributed by atoms with Crippen LogP contribution in [0.15, 0.2) is 90.3 Å². The van der Waals surface area contributed by atoms with E-state index in [9.17, 15) is 9.59 Å². The SMILES string of the molecule is O=C(c1ccccc1)c1ccc(C(=O)N2Cc3ccsc3Cc3ccccc32)cc1. The molecule has 0 atom stereocenters. The molecule has 3 aromatic carbocycles. The molecule has 0 fully saturated rings. The molecule has 0 bridgehead atoms. The molecular weight excluding hydrogens is 390 g/mol. The van der Waals surface area contributed by atoms with E-state index < -0.39 is 0 Å². The Labute approximate surface area is 179 Å². The van der Waals surface area contributed by atoms with E-state index in [1.54, 1.807) is 47.7 Å². The van der Waals surface area contributed by atoms with Crippen molar-refractivity contribution in [3.63, 3.8) is 0 Å². The molecule has 3 nitrogen and oxygen atoms in total. The third kappa shape index (κ3) is 3.36. The fraction of sp³-hybridized carbons (Fsp3) is 0.0769. The first-order valence-corrected chi connectivity index (χ1v) is 10.7. The van der Waals surface area contributed by atoms with E-state index in [4.69, 9.17) is 0 Å². The summed E-state index contributed by atoms with van der Waals surface area (Å²) in [5, 5.41) is 2.09. The first kappa shape index (κ1) is 18.5. The van der Waals surface area contributed by atoms with Gasteiger partial charge in [-0.1, -0.05) is 60.7 Å². The van der Waals surface area contributed by atoms with E-state index in [0.717, 1.165) is 17.7 Å². The van der Waals surface area contributed by atoms with Crippen LogP contribution in [0.25, 0.3) is 0 Å². The Bertz CT molecular complexity index is 1230. The van der Waals surface area contributed by atoms with Crippen molar-refractivity contribution in [2.75, 3.05) is 4.90 Å². The highest BCUT2D eigenvalue weighted by Crippen LogP contribution is 2.34. The number of fused-ring (bicyclic) bond motifs is 2. The highest BCUT2D eigenvalue weighted by Gasteiger charge is 2.25. The summed E-state index contributed by atoms with van der Waals surface area (Å²) in [6.45, 7) is 0.555. The van der Waals surface area contributed by atoms with Crippen LogP contribution in [0.4, 0.5) is 5.69 Å². The summed E-state index contributed by atoms with van der Waals surface area (Å²) < 4.78 is 0. The number of hydrogen-bond donors (Lipinski definition) is 0. The van der Waals surface area contributed by atoms with Crippen LogP contribution in [0.1, 0.15) is 42.3 Å². The fourth-order valence-electron chi connectivity index (χ4n) is 3.87. The number of hydrogen-bond acceptors (Lipinski definition) is 3. The van der Waals surface area contributed by atoms with Gasteiger partial charge < -0.3 is 4.90 Å². The van der Waals surface area contributed by atoms with Crippen LogP contribution in [0, 0.1) is 0 Å². The van der Waals surface area contributed by atoms with E-state index in [1.165, 1.54) is 10.4 Å². The lowest BCUT2D eigenvalue weighted by Crippen LogP contribution is -2.30. The van der Waals surface area contributed by atoms with E-state index in [-0.39, 0.29) is 11.7 Å². The Morgan fingerprint density at radius 2 is 1.37 bits per heavy atom. The molecule has 5 rings (SSSR count). The largest absolute Gasteiger partial charge is 0.304 e. The zero-order valence-electron chi connectivity index (χ0n) is 16.2. The molecule has 0 N–H and O–H groups in total. The molecule has 1 aliphatic heterocycles. The number of carbonyl (C=O) groups is 2. The number of thiophene rings is 1. The number of amides is 1. The van der Waals surface area contributed by atoms with Gasteiger partial charge in [0.2, 0.25) is 0 Å². The normalized spacial score (nSPS) is 12.6. The van der Waals surface area contributed by atoms with Crippen molar-refractivity contribution >= 4 is 28.7 Å². The quantitative estimate of drug-likeness (QED) is 0.405. The first-order chi connectivity index (χ1) is 14.7.